The molecule has 0 aliphatic heterocycles. The molecule has 0 fully saturated rings. The van der Waals surface area contributed by atoms with E-state index in [1.54, 1.807) is 0 Å². The van der Waals surface area contributed by atoms with Crippen molar-refractivity contribution in [3.05, 3.63) is 0 Å². The van der Waals surface area contributed by atoms with Gasteiger partial charge in [-0.1, -0.05) is 19.8 Å². The van der Waals surface area contributed by atoms with Crippen LogP contribution in [-0.4, -0.2) is 29.7 Å². The van der Waals surface area contributed by atoms with Crippen molar-refractivity contribution < 1.29 is 9.53 Å². The van der Waals surface area contributed by atoms with Crippen LogP contribution in [0.2, 0.25) is 0 Å². The molecule has 0 aromatic carbocycles. The van der Waals surface area contributed by atoms with Crippen LogP contribution in [0.4, 0.5) is 4.79 Å². The minimum atomic E-state index is -0.418. The number of hydrogen-bond donors (Lipinski definition) is 1. The Morgan fingerprint density at radius 1 is 1.35 bits per heavy atom. The normalized spacial score (nSPS) is 13.2. The Morgan fingerprint density at radius 3 is 2.47 bits per heavy atom. The van der Waals surface area contributed by atoms with Crippen LogP contribution in [0.3, 0.4) is 0 Å². The molecule has 0 heterocycles. The Kier molecular flexibility index (Phi) is 8.48. The van der Waals surface area contributed by atoms with Gasteiger partial charge in [-0.3, -0.25) is 0 Å². The molecule has 0 aromatic heterocycles. The number of ether oxygens (including phenoxy) is 1. The monoisotopic (exact) mass is 261 g/mol. The molecule has 17 heavy (non-hydrogen) atoms. The Hall–Kier alpha value is -0.380. The number of rotatable bonds is 7. The van der Waals surface area contributed by atoms with Gasteiger partial charge in [0.05, 0.1) is 0 Å². The van der Waals surface area contributed by atoms with Gasteiger partial charge in [0, 0.05) is 6.04 Å². The summed E-state index contributed by atoms with van der Waals surface area (Å²) in [6.07, 6.45) is 6.15. The summed E-state index contributed by atoms with van der Waals surface area (Å²) in [5.74, 6) is 1.07. The third-order valence-corrected chi connectivity index (χ3v) is 2.94. The second-order valence-corrected chi connectivity index (χ2v) is 6.25. The maximum absolute atomic E-state index is 11.7. The standard InChI is InChI=1S/C13H27NO2S/c1-6-7-8-11(9-10-17-5)14-12(15)16-13(2,3)4/h11H,6-10H2,1-5H3,(H,14,15)/t11-/m0/s1. The van der Waals surface area contributed by atoms with E-state index in [-0.39, 0.29) is 12.1 Å². The smallest absolute Gasteiger partial charge is 0.407 e. The van der Waals surface area contributed by atoms with Gasteiger partial charge in [0.1, 0.15) is 5.60 Å². The van der Waals surface area contributed by atoms with Gasteiger partial charge in [-0.25, -0.2) is 4.79 Å². The molecule has 0 saturated heterocycles. The van der Waals surface area contributed by atoms with E-state index in [1.165, 1.54) is 0 Å². The highest BCUT2D eigenvalue weighted by molar-refractivity contribution is 7.98. The van der Waals surface area contributed by atoms with Gasteiger partial charge in [-0.2, -0.15) is 11.8 Å². The van der Waals surface area contributed by atoms with Crippen molar-refractivity contribution in [2.45, 2.75) is 65.0 Å². The van der Waals surface area contributed by atoms with Crippen LogP contribution in [0.25, 0.3) is 0 Å². The lowest BCUT2D eigenvalue weighted by molar-refractivity contribution is 0.0500. The van der Waals surface area contributed by atoms with Gasteiger partial charge in [0.2, 0.25) is 0 Å². The summed E-state index contributed by atoms with van der Waals surface area (Å²) < 4.78 is 5.27. The van der Waals surface area contributed by atoms with Gasteiger partial charge < -0.3 is 10.1 Å². The molecule has 0 unspecified atom stereocenters. The van der Waals surface area contributed by atoms with Gasteiger partial charge >= 0.3 is 6.09 Å². The maximum atomic E-state index is 11.7. The predicted molar refractivity (Wildman–Crippen MR) is 75.7 cm³/mol. The van der Waals surface area contributed by atoms with Crippen LogP contribution in [-0.2, 0) is 4.74 Å². The van der Waals surface area contributed by atoms with Crippen LogP contribution >= 0.6 is 11.8 Å². The third-order valence-electron chi connectivity index (χ3n) is 2.30. The molecule has 0 radical (unpaired) electrons. The van der Waals surface area contributed by atoms with E-state index in [1.807, 2.05) is 32.5 Å². The first-order valence-electron chi connectivity index (χ1n) is 6.37. The van der Waals surface area contributed by atoms with Crippen LogP contribution in [0.1, 0.15) is 53.4 Å². The average molecular weight is 261 g/mol. The van der Waals surface area contributed by atoms with Crippen LogP contribution in [0.15, 0.2) is 0 Å². The van der Waals surface area contributed by atoms with E-state index in [9.17, 15) is 4.79 Å². The zero-order valence-corrected chi connectivity index (χ0v) is 12.7. The summed E-state index contributed by atoms with van der Waals surface area (Å²) in [5.41, 5.74) is -0.418. The molecule has 1 amide bonds. The van der Waals surface area contributed by atoms with Gasteiger partial charge in [-0.05, 0) is 45.6 Å². The predicted octanol–water partition coefficient (Wildman–Crippen LogP) is 3.82. The Bertz CT molecular complexity index is 206. The number of hydrogen-bond acceptors (Lipinski definition) is 3. The molecule has 1 N–H and O–H groups in total. The van der Waals surface area contributed by atoms with Crippen molar-refractivity contribution in [1.29, 1.82) is 0 Å². The van der Waals surface area contributed by atoms with Crippen molar-refractivity contribution in [2.75, 3.05) is 12.0 Å². The zero-order valence-electron chi connectivity index (χ0n) is 11.8. The molecule has 1 atom stereocenters. The number of carbonyl (C=O) groups is 1. The second-order valence-electron chi connectivity index (χ2n) is 5.27. The number of amides is 1. The van der Waals surface area contributed by atoms with Crippen molar-refractivity contribution in [1.82, 2.24) is 5.32 Å². The van der Waals surface area contributed by atoms with E-state index in [2.05, 4.69) is 18.5 Å². The highest BCUT2D eigenvalue weighted by Crippen LogP contribution is 2.11. The quantitative estimate of drug-likeness (QED) is 0.757. The molecule has 0 rings (SSSR count). The topological polar surface area (TPSA) is 38.3 Å². The SMILES string of the molecule is CCCC[C@@H](CCSC)NC(=O)OC(C)(C)C. The number of carbonyl (C=O) groups excluding carboxylic acids is 1. The molecule has 0 aliphatic carbocycles. The first kappa shape index (κ1) is 16.6. The van der Waals surface area contributed by atoms with Crippen molar-refractivity contribution in [3.8, 4) is 0 Å². The van der Waals surface area contributed by atoms with E-state index in [0.717, 1.165) is 31.4 Å². The largest absolute Gasteiger partial charge is 0.444 e. The fourth-order valence-corrected chi connectivity index (χ4v) is 1.99. The lowest BCUT2D eigenvalue weighted by atomic mass is 10.1. The molecule has 0 aliphatic rings. The lowest BCUT2D eigenvalue weighted by Gasteiger charge is -2.23. The van der Waals surface area contributed by atoms with E-state index in [0.29, 0.717) is 0 Å². The Balaban J connectivity index is 4.07. The highest BCUT2D eigenvalue weighted by atomic mass is 32.2. The molecule has 0 spiro atoms. The first-order valence-corrected chi connectivity index (χ1v) is 7.77. The third kappa shape index (κ3) is 10.5. The summed E-state index contributed by atoms with van der Waals surface area (Å²) >= 11 is 1.81. The maximum Gasteiger partial charge on any atom is 0.407 e. The van der Waals surface area contributed by atoms with Gasteiger partial charge in [0.25, 0.3) is 0 Å². The second kappa shape index (κ2) is 8.67. The van der Waals surface area contributed by atoms with Crippen LogP contribution < -0.4 is 5.32 Å². The van der Waals surface area contributed by atoms with Crippen LogP contribution in [0, 0.1) is 0 Å². The lowest BCUT2D eigenvalue weighted by Crippen LogP contribution is -2.39. The number of nitrogens with one attached hydrogen (secondary N) is 1. The summed E-state index contributed by atoms with van der Waals surface area (Å²) in [6.45, 7) is 7.82. The summed E-state index contributed by atoms with van der Waals surface area (Å²) in [7, 11) is 0. The van der Waals surface area contributed by atoms with Crippen LogP contribution in [0.5, 0.6) is 0 Å². The molecular formula is C13H27NO2S. The van der Waals surface area contributed by atoms with E-state index in [4.69, 9.17) is 4.74 Å². The summed E-state index contributed by atoms with van der Waals surface area (Å²) in [6, 6.07) is 0.247. The fraction of sp³-hybridized carbons (Fsp3) is 0.923. The van der Waals surface area contributed by atoms with Crippen molar-refractivity contribution >= 4 is 17.9 Å². The van der Waals surface area contributed by atoms with E-state index >= 15 is 0 Å². The fourth-order valence-electron chi connectivity index (χ4n) is 1.47. The molecule has 0 saturated carbocycles. The number of thioether (sulfide) groups is 1. The number of unbranched alkanes of at least 4 members (excludes halogenated alkanes) is 1. The molecule has 102 valence electrons. The van der Waals surface area contributed by atoms with Gasteiger partial charge in [-0.15, -0.1) is 0 Å². The molecule has 3 nitrogen and oxygen atoms in total. The average Bonchev–Trinajstić information content (AvgIpc) is 2.19. The highest BCUT2D eigenvalue weighted by Gasteiger charge is 2.18. The van der Waals surface area contributed by atoms with Crippen molar-refractivity contribution in [2.24, 2.45) is 0 Å². The summed E-state index contributed by atoms with van der Waals surface area (Å²) in [4.78, 5) is 11.7. The first-order chi connectivity index (χ1) is 7.89. The van der Waals surface area contributed by atoms with Crippen molar-refractivity contribution in [3.63, 3.8) is 0 Å². The minimum absolute atomic E-state index is 0.247. The van der Waals surface area contributed by atoms with Gasteiger partial charge in [0.15, 0.2) is 0 Å². The Morgan fingerprint density at radius 2 is 2.00 bits per heavy atom. The Labute approximate surface area is 110 Å². The molecule has 0 bridgehead atoms. The number of alkyl carbamates (subject to hydrolysis) is 1. The summed E-state index contributed by atoms with van der Waals surface area (Å²) in [5, 5.41) is 2.97. The molecular weight excluding hydrogens is 234 g/mol. The molecule has 4 heteroatoms. The molecule has 0 aromatic rings. The zero-order chi connectivity index (χ0) is 13.3. The van der Waals surface area contributed by atoms with E-state index < -0.39 is 5.60 Å². The minimum Gasteiger partial charge on any atom is -0.444 e.